The van der Waals surface area contributed by atoms with Crippen LogP contribution in [0.5, 0.6) is 0 Å². The molecule has 1 unspecified atom stereocenters. The maximum absolute atomic E-state index is 11.8. The van der Waals surface area contributed by atoms with Gasteiger partial charge in [-0.3, -0.25) is 9.59 Å². The second-order valence-corrected chi connectivity index (χ2v) is 6.16. The number of rotatable bonds is 2. The quantitative estimate of drug-likeness (QED) is 0.568. The molecule has 3 nitrogen and oxygen atoms in total. The summed E-state index contributed by atoms with van der Waals surface area (Å²) >= 11 is 0. The van der Waals surface area contributed by atoms with Gasteiger partial charge in [0.25, 0.3) is 0 Å². The largest absolute Gasteiger partial charge is 0.460 e. The average Bonchev–Trinajstić information content (AvgIpc) is 2.24. The van der Waals surface area contributed by atoms with Gasteiger partial charge in [-0.05, 0) is 39.5 Å². The van der Waals surface area contributed by atoms with Gasteiger partial charge in [0.1, 0.15) is 11.4 Å². The molecule has 3 heteroatoms. The Morgan fingerprint density at radius 1 is 1.32 bits per heavy atom. The van der Waals surface area contributed by atoms with Gasteiger partial charge in [0.05, 0.1) is 0 Å². The number of carbonyl (C=O) groups excluding carboxylic acids is 2. The van der Waals surface area contributed by atoms with E-state index in [-0.39, 0.29) is 24.1 Å². The van der Waals surface area contributed by atoms with Gasteiger partial charge in [-0.1, -0.05) is 0 Å². The number of ketones is 1. The standard InChI is InChI=1S/C16H24O3/c1-16(2,3)19-15(18)12-13-9-7-5-4-6-8-10-14(17)11-13/h13H,4,6,8-12H2,1-3H3. The highest BCUT2D eigenvalue weighted by Gasteiger charge is 2.22. The Morgan fingerprint density at radius 3 is 2.74 bits per heavy atom. The number of ether oxygens (including phenoxy) is 1. The van der Waals surface area contributed by atoms with E-state index in [1.54, 1.807) is 0 Å². The molecule has 1 atom stereocenters. The summed E-state index contributed by atoms with van der Waals surface area (Å²) in [6.07, 6.45) is 4.73. The Balaban J connectivity index is 2.56. The molecule has 1 aliphatic carbocycles. The van der Waals surface area contributed by atoms with Crippen LogP contribution >= 0.6 is 0 Å². The van der Waals surface area contributed by atoms with Gasteiger partial charge in [0, 0.05) is 32.1 Å². The minimum Gasteiger partial charge on any atom is -0.460 e. The molecule has 0 spiro atoms. The molecule has 0 radical (unpaired) electrons. The molecule has 0 heterocycles. The minimum absolute atomic E-state index is 0.00736. The SMILES string of the molecule is CC(C)(C)OC(=O)CC1CC#CCCCCC(=O)C1. The lowest BCUT2D eigenvalue weighted by molar-refractivity contribution is -0.156. The zero-order valence-corrected chi connectivity index (χ0v) is 12.3. The van der Waals surface area contributed by atoms with Gasteiger partial charge in [-0.15, -0.1) is 11.8 Å². The maximum atomic E-state index is 11.8. The predicted molar refractivity (Wildman–Crippen MR) is 74.4 cm³/mol. The fourth-order valence-corrected chi connectivity index (χ4v) is 2.10. The Morgan fingerprint density at radius 2 is 2.05 bits per heavy atom. The van der Waals surface area contributed by atoms with E-state index < -0.39 is 5.60 Å². The summed E-state index contributed by atoms with van der Waals surface area (Å²) < 4.78 is 5.31. The van der Waals surface area contributed by atoms with Crippen molar-refractivity contribution in [3.05, 3.63) is 0 Å². The van der Waals surface area contributed by atoms with Gasteiger partial charge < -0.3 is 4.74 Å². The number of hydrogen-bond donors (Lipinski definition) is 0. The Labute approximate surface area is 116 Å². The fraction of sp³-hybridized carbons (Fsp3) is 0.750. The van der Waals surface area contributed by atoms with E-state index >= 15 is 0 Å². The summed E-state index contributed by atoms with van der Waals surface area (Å²) in [7, 11) is 0. The van der Waals surface area contributed by atoms with Gasteiger partial charge in [0.15, 0.2) is 0 Å². The first-order valence-electron chi connectivity index (χ1n) is 7.06. The second kappa shape index (κ2) is 7.33. The van der Waals surface area contributed by atoms with E-state index in [4.69, 9.17) is 4.74 Å². The lowest BCUT2D eigenvalue weighted by Crippen LogP contribution is -2.25. The fourth-order valence-electron chi connectivity index (χ4n) is 2.10. The van der Waals surface area contributed by atoms with Crippen molar-refractivity contribution in [3.8, 4) is 11.8 Å². The third-order valence-electron chi connectivity index (χ3n) is 2.91. The summed E-state index contributed by atoms with van der Waals surface area (Å²) in [4.78, 5) is 23.6. The van der Waals surface area contributed by atoms with Crippen molar-refractivity contribution in [3.63, 3.8) is 0 Å². The number of esters is 1. The van der Waals surface area contributed by atoms with Crippen LogP contribution in [0.4, 0.5) is 0 Å². The molecule has 0 aliphatic heterocycles. The van der Waals surface area contributed by atoms with Crippen LogP contribution < -0.4 is 0 Å². The Kier molecular flexibility index (Phi) is 6.08. The van der Waals surface area contributed by atoms with Gasteiger partial charge in [-0.2, -0.15) is 0 Å². The maximum Gasteiger partial charge on any atom is 0.306 e. The molecule has 0 amide bonds. The van der Waals surface area contributed by atoms with Crippen LogP contribution in [0.15, 0.2) is 0 Å². The van der Waals surface area contributed by atoms with Crippen LogP contribution in [-0.2, 0) is 14.3 Å². The van der Waals surface area contributed by atoms with Crippen molar-refractivity contribution in [2.75, 3.05) is 0 Å². The topological polar surface area (TPSA) is 43.4 Å². The number of carbonyl (C=O) groups is 2. The predicted octanol–water partition coefficient (Wildman–Crippen LogP) is 3.26. The minimum atomic E-state index is -0.469. The Hall–Kier alpha value is -1.30. The van der Waals surface area contributed by atoms with E-state index in [0.29, 0.717) is 19.3 Å². The molecule has 106 valence electrons. The van der Waals surface area contributed by atoms with Crippen LogP contribution in [0, 0.1) is 17.8 Å². The molecule has 0 aromatic heterocycles. The van der Waals surface area contributed by atoms with Crippen molar-refractivity contribution in [1.82, 2.24) is 0 Å². The number of hydrogen-bond acceptors (Lipinski definition) is 3. The zero-order chi connectivity index (χ0) is 14.3. The molecule has 1 aliphatic rings. The molecule has 0 aromatic rings. The first-order valence-corrected chi connectivity index (χ1v) is 7.06. The molecular formula is C16H24O3. The van der Waals surface area contributed by atoms with Crippen molar-refractivity contribution >= 4 is 11.8 Å². The van der Waals surface area contributed by atoms with Crippen LogP contribution in [-0.4, -0.2) is 17.4 Å². The first kappa shape index (κ1) is 15.8. The van der Waals surface area contributed by atoms with E-state index in [1.165, 1.54) is 0 Å². The van der Waals surface area contributed by atoms with Crippen LogP contribution in [0.2, 0.25) is 0 Å². The van der Waals surface area contributed by atoms with Gasteiger partial charge in [-0.25, -0.2) is 0 Å². The molecule has 19 heavy (non-hydrogen) atoms. The van der Waals surface area contributed by atoms with E-state index in [1.807, 2.05) is 20.8 Å². The van der Waals surface area contributed by atoms with E-state index in [9.17, 15) is 9.59 Å². The molecule has 0 N–H and O–H groups in total. The van der Waals surface area contributed by atoms with Gasteiger partial charge in [0.2, 0.25) is 0 Å². The first-order chi connectivity index (χ1) is 8.87. The van der Waals surface area contributed by atoms with Crippen molar-refractivity contribution in [2.24, 2.45) is 5.92 Å². The van der Waals surface area contributed by atoms with Crippen molar-refractivity contribution in [1.29, 1.82) is 0 Å². The summed E-state index contributed by atoms with van der Waals surface area (Å²) in [5.74, 6) is 6.21. The van der Waals surface area contributed by atoms with E-state index in [0.717, 1.165) is 19.3 Å². The van der Waals surface area contributed by atoms with E-state index in [2.05, 4.69) is 11.8 Å². The third-order valence-corrected chi connectivity index (χ3v) is 2.91. The highest BCUT2D eigenvalue weighted by atomic mass is 16.6. The smallest absolute Gasteiger partial charge is 0.306 e. The molecule has 1 rings (SSSR count). The average molecular weight is 264 g/mol. The normalized spacial score (nSPS) is 21.2. The molecule has 0 aromatic carbocycles. The highest BCUT2D eigenvalue weighted by molar-refractivity contribution is 5.79. The zero-order valence-electron chi connectivity index (χ0n) is 12.3. The molecule has 0 bridgehead atoms. The van der Waals surface area contributed by atoms with Crippen LogP contribution in [0.25, 0.3) is 0 Å². The van der Waals surface area contributed by atoms with Gasteiger partial charge >= 0.3 is 5.97 Å². The number of Topliss-reactive ketones (excluding diaryl/α,β-unsaturated/α-hetero) is 1. The summed E-state index contributed by atoms with van der Waals surface area (Å²) in [5.41, 5.74) is -0.469. The Bertz CT molecular complexity index is 379. The summed E-state index contributed by atoms with van der Waals surface area (Å²) in [6, 6.07) is 0. The lowest BCUT2D eigenvalue weighted by atomic mass is 9.92. The van der Waals surface area contributed by atoms with Crippen LogP contribution in [0.1, 0.15) is 65.7 Å². The summed E-state index contributed by atoms with van der Waals surface area (Å²) in [5, 5.41) is 0. The van der Waals surface area contributed by atoms with Crippen molar-refractivity contribution in [2.45, 2.75) is 71.3 Å². The molecule has 0 fully saturated rings. The monoisotopic (exact) mass is 264 g/mol. The van der Waals surface area contributed by atoms with Crippen LogP contribution in [0.3, 0.4) is 0 Å². The molecule has 0 saturated carbocycles. The molecule has 0 saturated heterocycles. The third kappa shape index (κ3) is 7.66. The lowest BCUT2D eigenvalue weighted by Gasteiger charge is -2.21. The molecular weight excluding hydrogens is 240 g/mol. The van der Waals surface area contributed by atoms with Crippen molar-refractivity contribution < 1.29 is 14.3 Å². The highest BCUT2D eigenvalue weighted by Crippen LogP contribution is 2.19. The summed E-state index contributed by atoms with van der Waals surface area (Å²) in [6.45, 7) is 5.55. The second-order valence-electron chi connectivity index (χ2n) is 6.16.